The number of carbonyl (C=O) groups excluding carboxylic acids is 1. The normalized spacial score (nSPS) is 20.7. The topological polar surface area (TPSA) is 192 Å². The van der Waals surface area contributed by atoms with E-state index < -0.39 is 59.9 Å². The molecule has 13 heteroatoms. The molecule has 7 atom stereocenters. The van der Waals surface area contributed by atoms with Gasteiger partial charge in [-0.25, -0.2) is 4.18 Å². The number of amides is 1. The van der Waals surface area contributed by atoms with Gasteiger partial charge in [0.2, 0.25) is 5.91 Å². The maximum Gasteiger partial charge on any atom is 0.397 e. The predicted octanol–water partition coefficient (Wildman–Crippen LogP) is 10.5. The van der Waals surface area contributed by atoms with Crippen LogP contribution >= 0.6 is 0 Å². The molecule has 0 radical (unpaired) electrons. The number of carbonyl (C=O) groups is 1. The predicted molar refractivity (Wildman–Crippen MR) is 250 cm³/mol. The van der Waals surface area contributed by atoms with Crippen molar-refractivity contribution in [2.45, 2.75) is 269 Å². The van der Waals surface area contributed by atoms with E-state index in [0.717, 1.165) is 51.4 Å². The summed E-state index contributed by atoms with van der Waals surface area (Å²) in [6.07, 6.45) is 37.4. The second-order valence-corrected chi connectivity index (χ2v) is 18.8. The fourth-order valence-corrected chi connectivity index (χ4v) is 8.61. The van der Waals surface area contributed by atoms with Crippen molar-refractivity contribution in [3.05, 3.63) is 24.3 Å². The van der Waals surface area contributed by atoms with E-state index in [9.17, 15) is 38.2 Å². The lowest BCUT2D eigenvalue weighted by molar-refractivity contribution is -0.298. The van der Waals surface area contributed by atoms with Crippen molar-refractivity contribution in [3.63, 3.8) is 0 Å². The van der Waals surface area contributed by atoms with Crippen LogP contribution in [-0.2, 0) is 28.9 Å². The molecule has 1 fully saturated rings. The van der Waals surface area contributed by atoms with Crippen LogP contribution in [0.2, 0.25) is 0 Å². The average Bonchev–Trinajstić information content (AvgIpc) is 3.24. The molecule has 1 saturated heterocycles. The molecule has 12 nitrogen and oxygen atoms in total. The van der Waals surface area contributed by atoms with Crippen molar-refractivity contribution in [2.24, 2.45) is 0 Å². The number of rotatable bonds is 43. The van der Waals surface area contributed by atoms with Crippen LogP contribution in [0.15, 0.2) is 24.3 Å². The fourth-order valence-electron chi connectivity index (χ4n) is 8.10. The maximum atomic E-state index is 13.1. The molecule has 0 aliphatic carbocycles. The molecule has 0 aromatic heterocycles. The zero-order valence-electron chi connectivity index (χ0n) is 39.2. The molecule has 366 valence electrons. The molecule has 0 bridgehead atoms. The number of nitrogens with one attached hydrogen (secondary N) is 1. The number of allylic oxidation sites excluding steroid dienone is 4. The number of ether oxygens (including phenoxy) is 2. The van der Waals surface area contributed by atoms with E-state index in [1.54, 1.807) is 0 Å². The van der Waals surface area contributed by atoms with Crippen LogP contribution in [-0.4, -0.2) is 95.4 Å². The van der Waals surface area contributed by atoms with Gasteiger partial charge in [0.15, 0.2) is 6.29 Å². The Morgan fingerprint density at radius 2 is 1.06 bits per heavy atom. The summed E-state index contributed by atoms with van der Waals surface area (Å²) < 4.78 is 47.7. The summed E-state index contributed by atoms with van der Waals surface area (Å²) in [6, 6.07) is -0.858. The highest BCUT2D eigenvalue weighted by Gasteiger charge is 2.48. The molecule has 0 spiro atoms. The monoisotopic (exact) mass is 904 g/mol. The van der Waals surface area contributed by atoms with E-state index in [4.69, 9.17) is 9.47 Å². The number of aliphatic hydroxyl groups excluding tert-OH is 4. The Hall–Kier alpha value is -1.42. The standard InChI is InChI=1S/C49H93NO11S/c1-3-5-7-9-11-13-15-17-19-21-22-23-25-27-29-31-33-35-37-39-45(53)50-42(41-59-49-47(55)48(61-62(56,57)58)46(54)44(40-51)60-49)43(52)38-36-34-32-30-28-26-24-20-18-16-14-12-10-8-6-4-2/h11,13,15,17,42-44,46-49,51-52,54-55H,3-10,12,14,16,18-41H2,1-2H3,(H,50,53)(H,56,57,58)/b13-11-,17-15-. The minimum absolute atomic E-state index is 0.233. The smallest absolute Gasteiger partial charge is 0.394 e. The lowest BCUT2D eigenvalue weighted by Crippen LogP contribution is -2.61. The average molecular weight is 904 g/mol. The van der Waals surface area contributed by atoms with Gasteiger partial charge in [-0.15, -0.1) is 0 Å². The van der Waals surface area contributed by atoms with Crippen LogP contribution < -0.4 is 5.32 Å². The zero-order chi connectivity index (χ0) is 45.5. The zero-order valence-corrected chi connectivity index (χ0v) is 40.0. The van der Waals surface area contributed by atoms with Gasteiger partial charge >= 0.3 is 10.4 Å². The summed E-state index contributed by atoms with van der Waals surface area (Å²) >= 11 is 0. The van der Waals surface area contributed by atoms with Crippen molar-refractivity contribution in [1.29, 1.82) is 0 Å². The van der Waals surface area contributed by atoms with Crippen LogP contribution in [0.3, 0.4) is 0 Å². The van der Waals surface area contributed by atoms with Crippen molar-refractivity contribution in [1.82, 2.24) is 5.32 Å². The fraction of sp³-hybridized carbons (Fsp3) is 0.898. The van der Waals surface area contributed by atoms with Crippen molar-refractivity contribution >= 4 is 16.3 Å². The Bertz CT molecular complexity index is 1200. The van der Waals surface area contributed by atoms with Crippen LogP contribution in [0.25, 0.3) is 0 Å². The van der Waals surface area contributed by atoms with E-state index in [2.05, 4.69) is 47.7 Å². The molecule has 0 saturated carbocycles. The molecule has 6 N–H and O–H groups in total. The quantitative estimate of drug-likeness (QED) is 0.0194. The van der Waals surface area contributed by atoms with Gasteiger partial charge in [0.25, 0.3) is 0 Å². The first-order chi connectivity index (χ1) is 30.0. The minimum atomic E-state index is -5.08. The van der Waals surface area contributed by atoms with E-state index in [0.29, 0.717) is 12.8 Å². The van der Waals surface area contributed by atoms with Gasteiger partial charge in [-0.3, -0.25) is 9.35 Å². The summed E-state index contributed by atoms with van der Waals surface area (Å²) in [5.74, 6) is -0.233. The maximum absolute atomic E-state index is 13.1. The van der Waals surface area contributed by atoms with Gasteiger partial charge in [-0.2, -0.15) is 8.42 Å². The SMILES string of the molecule is CCCCC/C=C\C=C/CCCCCCCCCCCCC(=O)NC(COC1OC(CO)C(O)C(OS(=O)(=O)O)C1O)C(O)CCCCCCCCCCCCCCCCCC. The highest BCUT2D eigenvalue weighted by Crippen LogP contribution is 2.26. The Morgan fingerprint density at radius 3 is 1.53 bits per heavy atom. The van der Waals surface area contributed by atoms with Gasteiger partial charge in [-0.05, 0) is 38.5 Å². The molecule has 1 aliphatic rings. The second-order valence-electron chi connectivity index (χ2n) is 17.8. The van der Waals surface area contributed by atoms with Gasteiger partial charge in [0.1, 0.15) is 24.4 Å². The molecular weight excluding hydrogens is 811 g/mol. The van der Waals surface area contributed by atoms with Crippen LogP contribution in [0.1, 0.15) is 226 Å². The largest absolute Gasteiger partial charge is 0.397 e. The first-order valence-electron chi connectivity index (χ1n) is 25.2. The van der Waals surface area contributed by atoms with E-state index in [1.165, 1.54) is 141 Å². The molecular formula is C49H93NO11S. The van der Waals surface area contributed by atoms with Crippen LogP contribution in [0, 0.1) is 0 Å². The first-order valence-corrected chi connectivity index (χ1v) is 26.6. The Labute approximate surface area is 378 Å². The first kappa shape index (κ1) is 58.6. The number of hydrogen-bond donors (Lipinski definition) is 6. The summed E-state index contributed by atoms with van der Waals surface area (Å²) in [5.41, 5.74) is 0. The molecule has 1 aliphatic heterocycles. The van der Waals surface area contributed by atoms with E-state index in [-0.39, 0.29) is 18.9 Å². The highest BCUT2D eigenvalue weighted by atomic mass is 32.3. The highest BCUT2D eigenvalue weighted by molar-refractivity contribution is 7.80. The lowest BCUT2D eigenvalue weighted by atomic mass is 9.99. The van der Waals surface area contributed by atoms with Crippen LogP contribution in [0.4, 0.5) is 0 Å². The molecule has 0 aromatic rings. The van der Waals surface area contributed by atoms with Crippen molar-refractivity contribution in [3.8, 4) is 0 Å². The minimum Gasteiger partial charge on any atom is -0.394 e. The van der Waals surface area contributed by atoms with Gasteiger partial charge < -0.3 is 35.2 Å². The van der Waals surface area contributed by atoms with Crippen molar-refractivity contribution in [2.75, 3.05) is 13.2 Å². The third kappa shape index (κ3) is 32.3. The molecule has 1 heterocycles. The summed E-state index contributed by atoms with van der Waals surface area (Å²) in [7, 11) is -5.08. The summed E-state index contributed by atoms with van der Waals surface area (Å²) in [4.78, 5) is 13.1. The number of hydrogen-bond acceptors (Lipinski definition) is 10. The molecule has 7 unspecified atom stereocenters. The lowest BCUT2D eigenvalue weighted by Gasteiger charge is -2.41. The number of aliphatic hydroxyl groups is 4. The Balaban J connectivity index is 2.44. The van der Waals surface area contributed by atoms with Crippen LogP contribution in [0.5, 0.6) is 0 Å². The Morgan fingerprint density at radius 1 is 0.645 bits per heavy atom. The molecule has 1 amide bonds. The third-order valence-corrected chi connectivity index (χ3v) is 12.5. The third-order valence-electron chi connectivity index (χ3n) is 12.0. The summed E-state index contributed by atoms with van der Waals surface area (Å²) in [5, 5.41) is 45.0. The summed E-state index contributed by atoms with van der Waals surface area (Å²) in [6.45, 7) is 3.43. The van der Waals surface area contributed by atoms with Crippen molar-refractivity contribution < 1.29 is 51.8 Å². The molecule has 1 rings (SSSR count). The van der Waals surface area contributed by atoms with Gasteiger partial charge in [0, 0.05) is 6.42 Å². The van der Waals surface area contributed by atoms with Gasteiger partial charge in [-0.1, -0.05) is 205 Å². The Kier molecular flexibility index (Phi) is 37.7. The van der Waals surface area contributed by atoms with Gasteiger partial charge in [0.05, 0.1) is 25.4 Å². The number of unbranched alkanes of at least 4 members (excludes halogenated alkanes) is 28. The molecule has 62 heavy (non-hydrogen) atoms. The van der Waals surface area contributed by atoms with E-state index >= 15 is 0 Å². The molecule has 0 aromatic carbocycles. The van der Waals surface area contributed by atoms with E-state index in [1.807, 2.05) is 0 Å². The second kappa shape index (κ2) is 39.9.